The molecule has 12 heteroatoms. The lowest BCUT2D eigenvalue weighted by Crippen LogP contribution is -2.42. The van der Waals surface area contributed by atoms with Crippen molar-refractivity contribution < 1.29 is 24.0 Å². The molecule has 0 aromatic heterocycles. The standard InChI is InChI=1S/C27H27BFN5O4S/c1-15(30)34-22-12-9-17(38-3)13-19(22)26(33-21(27(34)31)14-24(35)32-2)16-7-10-18(11-8-16)39-23-6-4-5-20(25(23)29)28(36)37/h4-13,21,30-31,36-37H,14H2,1-3H3,(H,32,35)/t21-/m0/s1. The number of ether oxygens (including phenoxy) is 1. The van der Waals surface area contributed by atoms with Crippen molar-refractivity contribution >= 4 is 53.3 Å². The van der Waals surface area contributed by atoms with Crippen molar-refractivity contribution in [2.75, 3.05) is 19.1 Å². The minimum Gasteiger partial charge on any atom is -0.497 e. The van der Waals surface area contributed by atoms with Gasteiger partial charge in [-0.25, -0.2) is 4.39 Å². The summed E-state index contributed by atoms with van der Waals surface area (Å²) in [5.74, 6) is -0.319. The van der Waals surface area contributed by atoms with Crippen molar-refractivity contribution in [1.29, 1.82) is 10.8 Å². The van der Waals surface area contributed by atoms with Crippen LogP contribution in [-0.4, -0.2) is 60.7 Å². The van der Waals surface area contributed by atoms with E-state index < -0.39 is 19.0 Å². The summed E-state index contributed by atoms with van der Waals surface area (Å²) in [5.41, 5.74) is 2.19. The molecule has 0 saturated heterocycles. The quantitative estimate of drug-likeness (QED) is 0.175. The van der Waals surface area contributed by atoms with Crippen LogP contribution in [0, 0.1) is 16.6 Å². The Morgan fingerprint density at radius 3 is 2.54 bits per heavy atom. The van der Waals surface area contributed by atoms with Crippen LogP contribution in [0.5, 0.6) is 5.75 Å². The highest BCUT2D eigenvalue weighted by molar-refractivity contribution is 7.99. The minimum absolute atomic E-state index is 0.00104. The number of hydrogen-bond acceptors (Lipinski definition) is 8. The molecule has 0 bridgehead atoms. The van der Waals surface area contributed by atoms with E-state index in [2.05, 4.69) is 5.32 Å². The first-order valence-electron chi connectivity index (χ1n) is 12.0. The van der Waals surface area contributed by atoms with Crippen LogP contribution >= 0.6 is 11.8 Å². The molecule has 0 spiro atoms. The van der Waals surface area contributed by atoms with Crippen molar-refractivity contribution in [3.05, 3.63) is 77.6 Å². The van der Waals surface area contributed by atoms with Gasteiger partial charge in [0.1, 0.15) is 29.3 Å². The van der Waals surface area contributed by atoms with Gasteiger partial charge in [-0.05, 0) is 43.3 Å². The number of benzodiazepines with no additional fused rings is 1. The molecular weight excluding hydrogens is 520 g/mol. The molecule has 1 atom stereocenters. The number of nitrogens with zero attached hydrogens (tertiary/aromatic N) is 2. The number of aliphatic imine (C=N–C) groups is 1. The Morgan fingerprint density at radius 1 is 1.21 bits per heavy atom. The fourth-order valence-electron chi connectivity index (χ4n) is 4.22. The van der Waals surface area contributed by atoms with Gasteiger partial charge in [-0.1, -0.05) is 36.0 Å². The van der Waals surface area contributed by atoms with Crippen molar-refractivity contribution in [2.24, 2.45) is 4.99 Å². The highest BCUT2D eigenvalue weighted by Crippen LogP contribution is 2.34. The van der Waals surface area contributed by atoms with Crippen molar-refractivity contribution in [3.63, 3.8) is 0 Å². The van der Waals surface area contributed by atoms with Crippen LogP contribution in [0.2, 0.25) is 0 Å². The first-order chi connectivity index (χ1) is 18.6. The molecule has 0 saturated carbocycles. The topological polar surface area (TPSA) is 142 Å². The number of rotatable bonds is 7. The molecule has 39 heavy (non-hydrogen) atoms. The van der Waals surface area contributed by atoms with Crippen LogP contribution in [0.3, 0.4) is 0 Å². The summed E-state index contributed by atoms with van der Waals surface area (Å²) >= 11 is 1.13. The van der Waals surface area contributed by atoms with Crippen LogP contribution < -0.4 is 20.4 Å². The summed E-state index contributed by atoms with van der Waals surface area (Å²) < 4.78 is 20.2. The van der Waals surface area contributed by atoms with Crippen LogP contribution in [0.4, 0.5) is 10.1 Å². The molecule has 4 rings (SSSR count). The number of carbonyl (C=O) groups is 1. The van der Waals surface area contributed by atoms with Gasteiger partial charge in [0.05, 0.1) is 24.9 Å². The molecule has 0 fully saturated rings. The summed E-state index contributed by atoms with van der Waals surface area (Å²) in [6.07, 6.45) is -0.0754. The molecule has 200 valence electrons. The summed E-state index contributed by atoms with van der Waals surface area (Å²) in [6.45, 7) is 1.57. The summed E-state index contributed by atoms with van der Waals surface area (Å²) in [5, 5.41) is 38.6. The number of nitrogens with one attached hydrogen (secondary N) is 3. The second kappa shape index (κ2) is 11.8. The number of amides is 1. The lowest BCUT2D eigenvalue weighted by Gasteiger charge is -2.26. The predicted octanol–water partition coefficient (Wildman–Crippen LogP) is 2.80. The Kier molecular flexibility index (Phi) is 8.49. The van der Waals surface area contributed by atoms with E-state index in [0.29, 0.717) is 33.2 Å². The van der Waals surface area contributed by atoms with E-state index in [1.165, 1.54) is 18.0 Å². The molecule has 9 nitrogen and oxygen atoms in total. The molecular formula is C27H27BFN5O4S. The Hall–Kier alpha value is -4.00. The Morgan fingerprint density at radius 2 is 1.92 bits per heavy atom. The van der Waals surface area contributed by atoms with Gasteiger partial charge in [0.25, 0.3) is 0 Å². The van der Waals surface area contributed by atoms with Crippen LogP contribution in [0.15, 0.2) is 75.4 Å². The Balaban J connectivity index is 1.79. The molecule has 3 aromatic rings. The SMILES string of the molecule is CNC(=O)C[C@@H]1N=C(c2ccc(Sc3cccc(B(O)O)c3F)cc2)c2cc(OC)ccc2N(C(C)=N)C1=N. The van der Waals surface area contributed by atoms with E-state index in [0.717, 1.165) is 11.8 Å². The molecule has 5 N–H and O–H groups in total. The maximum Gasteiger partial charge on any atom is 0.491 e. The normalized spacial score (nSPS) is 14.7. The monoisotopic (exact) mass is 547 g/mol. The third-order valence-corrected chi connectivity index (χ3v) is 7.20. The molecule has 0 aliphatic carbocycles. The van der Waals surface area contributed by atoms with E-state index >= 15 is 0 Å². The predicted molar refractivity (Wildman–Crippen MR) is 152 cm³/mol. The minimum atomic E-state index is -1.91. The highest BCUT2D eigenvalue weighted by atomic mass is 32.2. The third kappa shape index (κ3) is 5.87. The van der Waals surface area contributed by atoms with Crippen LogP contribution in [-0.2, 0) is 4.79 Å². The van der Waals surface area contributed by atoms with Gasteiger partial charge in [-0.3, -0.25) is 25.5 Å². The largest absolute Gasteiger partial charge is 0.497 e. The summed E-state index contributed by atoms with van der Waals surface area (Å²) in [6, 6.07) is 16.0. The van der Waals surface area contributed by atoms with Crippen molar-refractivity contribution in [3.8, 4) is 5.75 Å². The van der Waals surface area contributed by atoms with E-state index in [-0.39, 0.29) is 34.4 Å². The van der Waals surface area contributed by atoms with E-state index in [1.54, 1.807) is 68.6 Å². The number of amidine groups is 2. The first kappa shape index (κ1) is 28.0. The molecule has 1 aliphatic heterocycles. The fourth-order valence-corrected chi connectivity index (χ4v) is 5.10. The zero-order valence-electron chi connectivity index (χ0n) is 21.5. The number of anilines is 1. The molecule has 1 aliphatic rings. The van der Waals surface area contributed by atoms with Crippen molar-refractivity contribution in [1.82, 2.24) is 5.32 Å². The van der Waals surface area contributed by atoms with E-state index in [4.69, 9.17) is 20.5 Å². The number of benzene rings is 3. The average molecular weight is 547 g/mol. The van der Waals surface area contributed by atoms with Crippen molar-refractivity contribution in [2.45, 2.75) is 29.2 Å². The van der Waals surface area contributed by atoms with E-state index in [9.17, 15) is 19.2 Å². The maximum absolute atomic E-state index is 14.7. The number of fused-ring (bicyclic) bond motifs is 1. The van der Waals surface area contributed by atoms with Crippen LogP contribution in [0.1, 0.15) is 24.5 Å². The Labute approximate surface area is 229 Å². The average Bonchev–Trinajstić information content (AvgIpc) is 3.03. The lowest BCUT2D eigenvalue weighted by atomic mass is 9.80. The third-order valence-electron chi connectivity index (χ3n) is 6.16. The van der Waals surface area contributed by atoms with Crippen LogP contribution in [0.25, 0.3) is 0 Å². The smallest absolute Gasteiger partial charge is 0.491 e. The van der Waals surface area contributed by atoms with Gasteiger partial charge in [0, 0.05) is 33.4 Å². The van der Waals surface area contributed by atoms with Gasteiger partial charge >= 0.3 is 7.12 Å². The molecule has 1 amide bonds. The second-order valence-corrected chi connectivity index (χ2v) is 9.83. The fraction of sp³-hybridized carbons (Fsp3) is 0.185. The van der Waals surface area contributed by atoms with Gasteiger partial charge in [-0.15, -0.1) is 0 Å². The number of hydrogen-bond donors (Lipinski definition) is 5. The number of methoxy groups -OCH3 is 1. The number of halogens is 1. The zero-order chi connectivity index (χ0) is 28.3. The van der Waals surface area contributed by atoms with Gasteiger partial charge in [0.15, 0.2) is 0 Å². The zero-order valence-corrected chi connectivity index (χ0v) is 22.3. The Bertz CT molecular complexity index is 1470. The highest BCUT2D eigenvalue weighted by Gasteiger charge is 2.32. The second-order valence-electron chi connectivity index (χ2n) is 8.72. The molecule has 1 heterocycles. The molecule has 3 aromatic carbocycles. The summed E-state index contributed by atoms with van der Waals surface area (Å²) in [4.78, 5) is 19.6. The summed E-state index contributed by atoms with van der Waals surface area (Å²) in [7, 11) is 1.15. The number of carbonyl (C=O) groups excluding carboxylic acids is 1. The van der Waals surface area contributed by atoms with Gasteiger partial charge in [0.2, 0.25) is 5.91 Å². The van der Waals surface area contributed by atoms with Gasteiger partial charge < -0.3 is 20.1 Å². The van der Waals surface area contributed by atoms with Gasteiger partial charge in [-0.2, -0.15) is 0 Å². The maximum atomic E-state index is 14.7. The van der Waals surface area contributed by atoms with E-state index in [1.807, 2.05) is 0 Å². The lowest BCUT2D eigenvalue weighted by molar-refractivity contribution is -0.120. The molecule has 0 radical (unpaired) electrons. The first-order valence-corrected chi connectivity index (χ1v) is 12.8. The molecule has 0 unspecified atom stereocenters.